The van der Waals surface area contributed by atoms with Crippen LogP contribution in [0, 0.1) is 5.21 Å². The Morgan fingerprint density at radius 1 is 1.27 bits per heavy atom. The molecule has 0 spiro atoms. The number of hydrogen-bond donors (Lipinski definition) is 1. The van der Waals surface area contributed by atoms with Crippen LogP contribution in [0.25, 0.3) is 0 Å². The molecule has 0 aliphatic carbocycles. The molecule has 1 amide bonds. The van der Waals surface area contributed by atoms with E-state index in [9.17, 15) is 23.2 Å². The maximum atomic E-state index is 12.7. The quantitative estimate of drug-likeness (QED) is 0.700. The maximum Gasteiger partial charge on any atom is 0.416 e. The topological polar surface area (TPSA) is 56.0 Å². The van der Waals surface area contributed by atoms with Gasteiger partial charge in [0.15, 0.2) is 12.4 Å². The lowest BCUT2D eigenvalue weighted by atomic mass is 10.0. The summed E-state index contributed by atoms with van der Waals surface area (Å²) in [4.78, 5) is 12.0. The second-order valence-electron chi connectivity index (χ2n) is 4.77. The van der Waals surface area contributed by atoms with Crippen LogP contribution in [0.15, 0.2) is 48.8 Å². The van der Waals surface area contributed by atoms with Crippen LogP contribution in [0.1, 0.15) is 34.5 Å². The molecule has 0 saturated heterocycles. The average Bonchev–Trinajstić information content (AvgIpc) is 2.46. The number of benzene rings is 1. The Bertz CT molecular complexity index is 686. The van der Waals surface area contributed by atoms with Gasteiger partial charge in [-0.15, -0.1) is 0 Å². The molecule has 22 heavy (non-hydrogen) atoms. The van der Waals surface area contributed by atoms with Crippen molar-refractivity contribution in [2.24, 2.45) is 0 Å². The summed E-state index contributed by atoms with van der Waals surface area (Å²) in [6.07, 6.45) is -2.12. The molecule has 0 aliphatic heterocycles. The summed E-state index contributed by atoms with van der Waals surface area (Å²) in [5.41, 5.74) is -0.311. The highest BCUT2D eigenvalue weighted by atomic mass is 19.4. The smallest absolute Gasteiger partial charge is 0.416 e. The third kappa shape index (κ3) is 3.75. The zero-order valence-electron chi connectivity index (χ0n) is 11.6. The number of halogens is 3. The van der Waals surface area contributed by atoms with Crippen LogP contribution in [0.5, 0.6) is 0 Å². The van der Waals surface area contributed by atoms with E-state index in [4.69, 9.17) is 0 Å². The zero-order valence-corrected chi connectivity index (χ0v) is 11.6. The fourth-order valence-corrected chi connectivity index (χ4v) is 1.94. The van der Waals surface area contributed by atoms with E-state index < -0.39 is 23.7 Å². The number of pyridine rings is 1. The second kappa shape index (κ2) is 6.05. The van der Waals surface area contributed by atoms with Crippen LogP contribution in [-0.2, 0) is 6.18 Å². The Kier molecular flexibility index (Phi) is 4.35. The number of alkyl halides is 3. The number of rotatable bonds is 3. The number of hydrogen-bond acceptors (Lipinski definition) is 2. The standard InChI is InChI=1S/C15H13F3N2O2/c1-10(11-4-2-6-13(8-11)15(16,17)18)19-14(21)12-5-3-7-20(22)9-12/h2-10H,1H3,(H,19,21). The lowest BCUT2D eigenvalue weighted by Crippen LogP contribution is -2.31. The molecular weight excluding hydrogens is 297 g/mol. The Morgan fingerprint density at radius 3 is 2.64 bits per heavy atom. The Hall–Kier alpha value is -2.57. The van der Waals surface area contributed by atoms with Crippen molar-refractivity contribution in [3.8, 4) is 0 Å². The van der Waals surface area contributed by atoms with Crippen LogP contribution in [0.2, 0.25) is 0 Å². The molecule has 2 aromatic rings. The van der Waals surface area contributed by atoms with Crippen molar-refractivity contribution in [1.82, 2.24) is 5.32 Å². The number of carbonyl (C=O) groups excluding carboxylic acids is 1. The van der Waals surface area contributed by atoms with E-state index in [1.165, 1.54) is 30.5 Å². The highest BCUT2D eigenvalue weighted by molar-refractivity contribution is 5.93. The SMILES string of the molecule is CC(NC(=O)c1ccc[n+]([O-])c1)c1cccc(C(F)(F)F)c1. The summed E-state index contributed by atoms with van der Waals surface area (Å²) >= 11 is 0. The van der Waals surface area contributed by atoms with Crippen molar-refractivity contribution in [3.05, 3.63) is 70.7 Å². The van der Waals surface area contributed by atoms with Crippen LogP contribution in [-0.4, -0.2) is 5.91 Å². The minimum Gasteiger partial charge on any atom is -0.619 e. The first-order valence-corrected chi connectivity index (χ1v) is 6.44. The largest absolute Gasteiger partial charge is 0.619 e. The van der Waals surface area contributed by atoms with E-state index >= 15 is 0 Å². The molecule has 1 N–H and O–H groups in total. The minimum absolute atomic E-state index is 0.135. The van der Waals surface area contributed by atoms with Gasteiger partial charge in [0.1, 0.15) is 5.56 Å². The van der Waals surface area contributed by atoms with Gasteiger partial charge in [-0.3, -0.25) is 4.79 Å². The van der Waals surface area contributed by atoms with E-state index in [0.717, 1.165) is 18.3 Å². The molecule has 0 saturated carbocycles. The first-order valence-electron chi connectivity index (χ1n) is 6.44. The van der Waals surface area contributed by atoms with E-state index in [1.54, 1.807) is 6.92 Å². The highest BCUT2D eigenvalue weighted by Crippen LogP contribution is 2.30. The van der Waals surface area contributed by atoms with Gasteiger partial charge in [0.2, 0.25) is 0 Å². The van der Waals surface area contributed by atoms with Crippen LogP contribution in [0.3, 0.4) is 0 Å². The number of amides is 1. The average molecular weight is 310 g/mol. The molecule has 1 atom stereocenters. The van der Waals surface area contributed by atoms with Crippen molar-refractivity contribution in [1.29, 1.82) is 0 Å². The van der Waals surface area contributed by atoms with E-state index in [1.807, 2.05) is 0 Å². The van der Waals surface area contributed by atoms with Crippen molar-refractivity contribution in [2.45, 2.75) is 19.1 Å². The Balaban J connectivity index is 2.15. The Labute approximate surface area is 124 Å². The molecule has 1 unspecified atom stereocenters. The van der Waals surface area contributed by atoms with Gasteiger partial charge in [0.25, 0.3) is 5.91 Å². The lowest BCUT2D eigenvalue weighted by molar-refractivity contribution is -0.605. The summed E-state index contributed by atoms with van der Waals surface area (Å²) < 4.78 is 38.5. The molecule has 1 heterocycles. The number of aromatic nitrogens is 1. The Morgan fingerprint density at radius 2 is 2.00 bits per heavy atom. The van der Waals surface area contributed by atoms with E-state index in [2.05, 4.69) is 5.32 Å². The van der Waals surface area contributed by atoms with Crippen LogP contribution >= 0.6 is 0 Å². The molecule has 0 bridgehead atoms. The maximum absolute atomic E-state index is 12.7. The normalized spacial score (nSPS) is 12.7. The molecule has 0 radical (unpaired) electrons. The predicted molar refractivity (Wildman–Crippen MR) is 72.7 cm³/mol. The van der Waals surface area contributed by atoms with Gasteiger partial charge in [-0.25, -0.2) is 0 Å². The summed E-state index contributed by atoms with van der Waals surface area (Å²) in [6.45, 7) is 1.57. The molecule has 1 aromatic heterocycles. The van der Waals surface area contributed by atoms with Gasteiger partial charge < -0.3 is 10.5 Å². The van der Waals surface area contributed by atoms with Crippen molar-refractivity contribution in [3.63, 3.8) is 0 Å². The summed E-state index contributed by atoms with van der Waals surface area (Å²) in [5.74, 6) is -0.532. The number of carbonyl (C=O) groups is 1. The molecule has 1 aromatic carbocycles. The van der Waals surface area contributed by atoms with Crippen molar-refractivity contribution >= 4 is 5.91 Å². The van der Waals surface area contributed by atoms with Gasteiger partial charge in [-0.1, -0.05) is 12.1 Å². The zero-order chi connectivity index (χ0) is 16.3. The lowest BCUT2D eigenvalue weighted by Gasteiger charge is -2.16. The number of nitrogens with one attached hydrogen (secondary N) is 1. The molecule has 0 aliphatic rings. The fourth-order valence-electron chi connectivity index (χ4n) is 1.94. The van der Waals surface area contributed by atoms with E-state index in [-0.39, 0.29) is 5.56 Å². The van der Waals surface area contributed by atoms with Gasteiger partial charge in [0.05, 0.1) is 11.6 Å². The molecule has 0 fully saturated rings. The van der Waals surface area contributed by atoms with Crippen molar-refractivity contribution in [2.75, 3.05) is 0 Å². The van der Waals surface area contributed by atoms with Crippen LogP contribution < -0.4 is 10.0 Å². The van der Waals surface area contributed by atoms with E-state index in [0.29, 0.717) is 10.3 Å². The first kappa shape index (κ1) is 15.8. The summed E-state index contributed by atoms with van der Waals surface area (Å²) in [6, 6.07) is 6.97. The second-order valence-corrected chi connectivity index (χ2v) is 4.77. The third-order valence-corrected chi connectivity index (χ3v) is 3.10. The summed E-state index contributed by atoms with van der Waals surface area (Å²) in [7, 11) is 0. The minimum atomic E-state index is -4.44. The predicted octanol–water partition coefficient (Wildman–Crippen LogP) is 2.83. The molecule has 116 valence electrons. The van der Waals surface area contributed by atoms with Gasteiger partial charge in [0, 0.05) is 6.07 Å². The first-order chi connectivity index (χ1) is 10.3. The monoisotopic (exact) mass is 310 g/mol. The van der Waals surface area contributed by atoms with Gasteiger partial charge in [-0.2, -0.15) is 17.9 Å². The fraction of sp³-hybridized carbons (Fsp3) is 0.200. The highest BCUT2D eigenvalue weighted by Gasteiger charge is 2.30. The molecule has 7 heteroatoms. The van der Waals surface area contributed by atoms with Gasteiger partial charge >= 0.3 is 6.18 Å². The molecule has 2 rings (SSSR count). The van der Waals surface area contributed by atoms with Crippen LogP contribution in [0.4, 0.5) is 13.2 Å². The number of nitrogens with zero attached hydrogens (tertiary/aromatic N) is 1. The summed E-state index contributed by atoms with van der Waals surface area (Å²) in [5, 5.41) is 13.7. The molecule has 4 nitrogen and oxygen atoms in total. The molecular formula is C15H13F3N2O2. The third-order valence-electron chi connectivity index (χ3n) is 3.10. The van der Waals surface area contributed by atoms with Gasteiger partial charge in [-0.05, 0) is 30.7 Å². The van der Waals surface area contributed by atoms with Crippen molar-refractivity contribution < 1.29 is 22.7 Å².